The van der Waals surface area contributed by atoms with Crippen molar-refractivity contribution in [3.05, 3.63) is 34.9 Å². The van der Waals surface area contributed by atoms with Crippen LogP contribution in [0.3, 0.4) is 0 Å². The minimum Gasteiger partial charge on any atom is -0.0587 e. The molecule has 0 N–H and O–H groups in total. The van der Waals surface area contributed by atoms with Gasteiger partial charge in [-0.15, -0.1) is 0 Å². The Balaban J connectivity index is 2.42. The van der Waals surface area contributed by atoms with Gasteiger partial charge in [-0.25, -0.2) is 0 Å². The van der Waals surface area contributed by atoms with Crippen LogP contribution >= 0.6 is 0 Å². The SMILES string of the molecule is Cc1[c]c(C2CC2)c(C)cc1. The van der Waals surface area contributed by atoms with Crippen LogP contribution in [0.4, 0.5) is 0 Å². The summed E-state index contributed by atoms with van der Waals surface area (Å²) in [5.74, 6) is 0.842. The zero-order valence-corrected chi connectivity index (χ0v) is 7.15. The number of hydrogen-bond acceptors (Lipinski definition) is 0. The van der Waals surface area contributed by atoms with Crippen LogP contribution in [0.5, 0.6) is 0 Å². The highest BCUT2D eigenvalue weighted by atomic mass is 14.3. The van der Waals surface area contributed by atoms with Gasteiger partial charge < -0.3 is 0 Å². The summed E-state index contributed by atoms with van der Waals surface area (Å²) in [6, 6.07) is 7.79. The van der Waals surface area contributed by atoms with Gasteiger partial charge in [0.1, 0.15) is 0 Å². The van der Waals surface area contributed by atoms with Crippen LogP contribution in [0.2, 0.25) is 0 Å². The smallest absolute Gasteiger partial charge is 0.0112 e. The summed E-state index contributed by atoms with van der Waals surface area (Å²) in [4.78, 5) is 0. The standard InChI is InChI=1S/C11H13/c1-8-3-4-9(2)11(7-8)10-5-6-10/h3-4,10H,5-6H2,1-2H3. The Kier molecular flexibility index (Phi) is 1.49. The second-order valence-electron chi connectivity index (χ2n) is 3.51. The molecule has 1 aliphatic carbocycles. The van der Waals surface area contributed by atoms with Gasteiger partial charge in [0, 0.05) is 0 Å². The molecule has 1 radical (unpaired) electrons. The van der Waals surface area contributed by atoms with Gasteiger partial charge in [-0.2, -0.15) is 0 Å². The van der Waals surface area contributed by atoms with E-state index >= 15 is 0 Å². The van der Waals surface area contributed by atoms with Crippen molar-refractivity contribution in [3.63, 3.8) is 0 Å². The van der Waals surface area contributed by atoms with Gasteiger partial charge in [-0.1, -0.05) is 12.1 Å². The van der Waals surface area contributed by atoms with E-state index in [-0.39, 0.29) is 0 Å². The molecule has 0 spiro atoms. The number of rotatable bonds is 1. The fourth-order valence-corrected chi connectivity index (χ4v) is 1.49. The van der Waals surface area contributed by atoms with Crippen molar-refractivity contribution in [2.75, 3.05) is 0 Å². The minimum atomic E-state index is 0.842. The van der Waals surface area contributed by atoms with E-state index in [1.54, 1.807) is 0 Å². The van der Waals surface area contributed by atoms with Crippen LogP contribution in [-0.2, 0) is 0 Å². The zero-order valence-electron chi connectivity index (χ0n) is 7.15. The lowest BCUT2D eigenvalue weighted by atomic mass is 10.0. The molecule has 0 atom stereocenters. The highest BCUT2D eigenvalue weighted by molar-refractivity contribution is 5.34. The predicted octanol–water partition coefficient (Wildman–Crippen LogP) is 2.98. The normalized spacial score (nSPS) is 16.9. The van der Waals surface area contributed by atoms with Gasteiger partial charge in [0.15, 0.2) is 0 Å². The molecule has 1 fully saturated rings. The van der Waals surface area contributed by atoms with Gasteiger partial charge in [0.2, 0.25) is 0 Å². The van der Waals surface area contributed by atoms with E-state index in [0.717, 1.165) is 5.92 Å². The van der Waals surface area contributed by atoms with Gasteiger partial charge in [-0.3, -0.25) is 0 Å². The molecular formula is C11H13. The van der Waals surface area contributed by atoms with E-state index in [4.69, 9.17) is 0 Å². The molecule has 0 aliphatic heterocycles. The Bertz CT molecular complexity index is 269. The highest BCUT2D eigenvalue weighted by Crippen LogP contribution is 2.41. The molecule has 0 heteroatoms. The van der Waals surface area contributed by atoms with Crippen LogP contribution in [-0.4, -0.2) is 0 Å². The first-order valence-electron chi connectivity index (χ1n) is 4.27. The Morgan fingerprint density at radius 1 is 1.27 bits per heavy atom. The van der Waals surface area contributed by atoms with Crippen LogP contribution in [0.15, 0.2) is 12.1 Å². The predicted molar refractivity (Wildman–Crippen MR) is 46.7 cm³/mol. The van der Waals surface area contributed by atoms with Crippen LogP contribution < -0.4 is 0 Å². The third-order valence-corrected chi connectivity index (χ3v) is 2.33. The first-order chi connectivity index (χ1) is 5.27. The summed E-state index contributed by atoms with van der Waals surface area (Å²) < 4.78 is 0. The Morgan fingerprint density at radius 3 is 2.64 bits per heavy atom. The zero-order chi connectivity index (χ0) is 7.84. The van der Waals surface area contributed by atoms with Crippen LogP contribution in [0, 0.1) is 19.9 Å². The van der Waals surface area contributed by atoms with E-state index in [9.17, 15) is 0 Å². The van der Waals surface area contributed by atoms with Crippen molar-refractivity contribution in [1.29, 1.82) is 0 Å². The van der Waals surface area contributed by atoms with Gasteiger partial charge in [-0.05, 0) is 55.4 Å². The third-order valence-electron chi connectivity index (χ3n) is 2.33. The first kappa shape index (κ1) is 6.90. The Labute approximate surface area is 68.3 Å². The van der Waals surface area contributed by atoms with Crippen molar-refractivity contribution in [3.8, 4) is 0 Å². The maximum absolute atomic E-state index is 3.44. The summed E-state index contributed by atoms with van der Waals surface area (Å²) in [6.45, 7) is 4.30. The molecule has 57 valence electrons. The number of benzene rings is 1. The van der Waals surface area contributed by atoms with E-state index in [1.807, 2.05) is 0 Å². The minimum absolute atomic E-state index is 0.842. The van der Waals surface area contributed by atoms with E-state index in [2.05, 4.69) is 32.0 Å². The molecule has 0 saturated heterocycles. The summed E-state index contributed by atoms with van der Waals surface area (Å²) in [5.41, 5.74) is 4.15. The topological polar surface area (TPSA) is 0 Å². The molecule has 1 aromatic carbocycles. The molecule has 0 amide bonds. The molecule has 1 aliphatic rings. The Hall–Kier alpha value is -0.780. The highest BCUT2D eigenvalue weighted by Gasteiger charge is 2.24. The average molecular weight is 145 g/mol. The summed E-state index contributed by atoms with van der Waals surface area (Å²) in [5, 5.41) is 0. The van der Waals surface area contributed by atoms with Crippen LogP contribution in [0.25, 0.3) is 0 Å². The molecule has 0 bridgehead atoms. The van der Waals surface area contributed by atoms with Crippen molar-refractivity contribution in [2.24, 2.45) is 0 Å². The van der Waals surface area contributed by atoms with Gasteiger partial charge in [0.05, 0.1) is 0 Å². The molecule has 1 aromatic rings. The maximum atomic E-state index is 3.44. The quantitative estimate of drug-likeness (QED) is 0.570. The van der Waals surface area contributed by atoms with Crippen molar-refractivity contribution in [2.45, 2.75) is 32.6 Å². The monoisotopic (exact) mass is 145 g/mol. The summed E-state index contributed by atoms with van der Waals surface area (Å²) in [6.07, 6.45) is 2.75. The fraction of sp³-hybridized carbons (Fsp3) is 0.455. The van der Waals surface area contributed by atoms with Gasteiger partial charge >= 0.3 is 0 Å². The first-order valence-corrected chi connectivity index (χ1v) is 4.27. The number of hydrogen-bond donors (Lipinski definition) is 0. The fourth-order valence-electron chi connectivity index (χ4n) is 1.49. The Morgan fingerprint density at radius 2 is 2.00 bits per heavy atom. The lowest BCUT2D eigenvalue weighted by molar-refractivity contribution is 1.08. The molecule has 0 heterocycles. The van der Waals surface area contributed by atoms with Crippen LogP contribution in [0.1, 0.15) is 35.4 Å². The second-order valence-corrected chi connectivity index (χ2v) is 3.51. The summed E-state index contributed by atoms with van der Waals surface area (Å²) >= 11 is 0. The molecule has 11 heavy (non-hydrogen) atoms. The van der Waals surface area contributed by atoms with Crippen molar-refractivity contribution >= 4 is 0 Å². The van der Waals surface area contributed by atoms with E-state index in [1.165, 1.54) is 29.5 Å². The second kappa shape index (κ2) is 2.37. The van der Waals surface area contributed by atoms with Crippen molar-refractivity contribution < 1.29 is 0 Å². The van der Waals surface area contributed by atoms with E-state index in [0.29, 0.717) is 0 Å². The molecular weight excluding hydrogens is 132 g/mol. The third kappa shape index (κ3) is 1.30. The molecule has 2 rings (SSSR count). The number of aryl methyl sites for hydroxylation is 2. The molecule has 0 unspecified atom stereocenters. The van der Waals surface area contributed by atoms with E-state index < -0.39 is 0 Å². The lowest BCUT2D eigenvalue weighted by Crippen LogP contribution is -1.86. The van der Waals surface area contributed by atoms with Crippen molar-refractivity contribution in [1.82, 2.24) is 0 Å². The lowest BCUT2D eigenvalue weighted by Gasteiger charge is -2.03. The molecule has 1 saturated carbocycles. The average Bonchev–Trinajstić information content (AvgIpc) is 2.76. The molecule has 0 aromatic heterocycles. The van der Waals surface area contributed by atoms with Gasteiger partial charge in [0.25, 0.3) is 0 Å². The molecule has 0 nitrogen and oxygen atoms in total. The maximum Gasteiger partial charge on any atom is -0.0112 e. The summed E-state index contributed by atoms with van der Waals surface area (Å²) in [7, 11) is 0. The largest absolute Gasteiger partial charge is 0.0587 e.